The fourth-order valence-electron chi connectivity index (χ4n) is 3.74. The van der Waals surface area contributed by atoms with Crippen molar-refractivity contribution in [3.63, 3.8) is 0 Å². The molecule has 1 aliphatic heterocycles. The number of hydrogen-bond acceptors (Lipinski definition) is 3. The minimum absolute atomic E-state index is 0.178. The van der Waals surface area contributed by atoms with Crippen LogP contribution in [-0.4, -0.2) is 29.3 Å². The van der Waals surface area contributed by atoms with E-state index in [2.05, 4.69) is 24.5 Å². The van der Waals surface area contributed by atoms with Crippen molar-refractivity contribution in [2.24, 2.45) is 5.92 Å². The monoisotopic (exact) mass is 407 g/mol. The third-order valence-corrected chi connectivity index (χ3v) is 5.45. The molecule has 0 aliphatic carbocycles. The molecule has 0 saturated carbocycles. The molecule has 2 N–H and O–H groups in total. The number of hydrogen-bond donors (Lipinski definition) is 2. The van der Waals surface area contributed by atoms with Crippen LogP contribution in [0, 0.1) is 12.8 Å². The van der Waals surface area contributed by atoms with Crippen LogP contribution in [0.2, 0.25) is 0 Å². The quantitative estimate of drug-likeness (QED) is 0.688. The summed E-state index contributed by atoms with van der Waals surface area (Å²) in [6.45, 7) is 7.49. The van der Waals surface area contributed by atoms with Gasteiger partial charge >= 0.3 is 6.03 Å². The van der Waals surface area contributed by atoms with Crippen molar-refractivity contribution < 1.29 is 14.4 Å². The summed E-state index contributed by atoms with van der Waals surface area (Å²) < 4.78 is 0. The number of amides is 4. The van der Waals surface area contributed by atoms with E-state index in [1.54, 1.807) is 6.92 Å². The Morgan fingerprint density at radius 3 is 2.30 bits per heavy atom. The van der Waals surface area contributed by atoms with Crippen LogP contribution in [0.25, 0.3) is 0 Å². The number of imide groups is 1. The summed E-state index contributed by atoms with van der Waals surface area (Å²) in [5.74, 6) is -0.412. The molecule has 1 aliphatic rings. The van der Waals surface area contributed by atoms with Gasteiger partial charge in [-0.25, -0.2) is 4.79 Å². The lowest BCUT2D eigenvalue weighted by Crippen LogP contribution is -2.44. The first-order chi connectivity index (χ1) is 14.2. The van der Waals surface area contributed by atoms with E-state index in [9.17, 15) is 14.4 Å². The fourth-order valence-corrected chi connectivity index (χ4v) is 3.74. The minimum Gasteiger partial charge on any atom is -0.348 e. The van der Waals surface area contributed by atoms with Gasteiger partial charge in [-0.1, -0.05) is 74.0 Å². The summed E-state index contributed by atoms with van der Waals surface area (Å²) in [5, 5.41) is 5.74. The molecular formula is C24H29N3O3. The van der Waals surface area contributed by atoms with Crippen molar-refractivity contribution in [1.29, 1.82) is 0 Å². The van der Waals surface area contributed by atoms with Crippen molar-refractivity contribution in [3.8, 4) is 0 Å². The second-order valence-corrected chi connectivity index (χ2v) is 8.47. The van der Waals surface area contributed by atoms with E-state index in [0.717, 1.165) is 22.4 Å². The summed E-state index contributed by atoms with van der Waals surface area (Å²) in [6, 6.07) is 16.4. The number of benzene rings is 2. The highest BCUT2D eigenvalue weighted by Gasteiger charge is 2.49. The molecule has 4 amide bonds. The lowest BCUT2D eigenvalue weighted by atomic mass is 9.91. The van der Waals surface area contributed by atoms with Crippen LogP contribution in [0.4, 0.5) is 4.79 Å². The lowest BCUT2D eigenvalue weighted by Gasteiger charge is -2.24. The molecule has 2 aromatic carbocycles. The smallest absolute Gasteiger partial charge is 0.325 e. The van der Waals surface area contributed by atoms with Crippen LogP contribution in [0.15, 0.2) is 54.6 Å². The van der Waals surface area contributed by atoms with Gasteiger partial charge < -0.3 is 10.6 Å². The molecule has 6 heteroatoms. The summed E-state index contributed by atoms with van der Waals surface area (Å²) >= 11 is 0. The van der Waals surface area contributed by atoms with E-state index < -0.39 is 17.5 Å². The Morgan fingerprint density at radius 1 is 1.07 bits per heavy atom. The molecule has 0 unspecified atom stereocenters. The molecule has 0 bridgehead atoms. The molecule has 158 valence electrons. The molecule has 6 nitrogen and oxygen atoms in total. The van der Waals surface area contributed by atoms with Gasteiger partial charge in [-0.2, -0.15) is 0 Å². The number of carbonyl (C=O) groups is 3. The van der Waals surface area contributed by atoms with Crippen LogP contribution in [-0.2, 0) is 15.1 Å². The number of nitrogens with one attached hydrogen (secondary N) is 2. The third kappa shape index (κ3) is 4.53. The number of rotatable bonds is 7. The molecule has 0 aromatic heterocycles. The van der Waals surface area contributed by atoms with Crippen molar-refractivity contribution >= 4 is 17.8 Å². The van der Waals surface area contributed by atoms with Gasteiger partial charge in [-0.05, 0) is 37.3 Å². The topological polar surface area (TPSA) is 78.5 Å². The zero-order valence-electron chi connectivity index (χ0n) is 17.9. The van der Waals surface area contributed by atoms with Crippen molar-refractivity contribution in [2.75, 3.05) is 6.54 Å². The average Bonchev–Trinajstić information content (AvgIpc) is 2.92. The first-order valence-corrected chi connectivity index (χ1v) is 10.3. The highest BCUT2D eigenvalue weighted by Crippen LogP contribution is 2.29. The zero-order chi connectivity index (χ0) is 21.9. The van der Waals surface area contributed by atoms with Crippen molar-refractivity contribution in [3.05, 3.63) is 71.3 Å². The molecule has 30 heavy (non-hydrogen) atoms. The maximum Gasteiger partial charge on any atom is 0.325 e. The fraction of sp³-hybridized carbons (Fsp3) is 0.375. The van der Waals surface area contributed by atoms with Gasteiger partial charge in [0.05, 0.1) is 6.04 Å². The van der Waals surface area contributed by atoms with Crippen molar-refractivity contribution in [2.45, 2.75) is 45.7 Å². The van der Waals surface area contributed by atoms with E-state index in [1.807, 2.05) is 61.5 Å². The molecule has 1 heterocycles. The Labute approximate surface area is 177 Å². The second-order valence-electron chi connectivity index (χ2n) is 8.47. The van der Waals surface area contributed by atoms with E-state index in [4.69, 9.17) is 0 Å². The number of carbonyl (C=O) groups excluding carboxylic acids is 3. The van der Waals surface area contributed by atoms with Crippen LogP contribution in [0.5, 0.6) is 0 Å². The first kappa shape index (κ1) is 21.6. The number of aryl methyl sites for hydroxylation is 1. The Bertz CT molecular complexity index is 924. The number of urea groups is 1. The largest absolute Gasteiger partial charge is 0.348 e. The molecule has 0 radical (unpaired) electrons. The predicted octanol–water partition coefficient (Wildman–Crippen LogP) is 3.67. The Balaban J connectivity index is 1.73. The Morgan fingerprint density at radius 2 is 1.70 bits per heavy atom. The standard InChI is InChI=1S/C24H29N3O3/c1-16(2)14-20(18-8-6-5-7-9-18)25-21(28)15-27-22(29)24(4,26-23(27)30)19-12-10-17(3)11-13-19/h5-13,16,20H,14-15H2,1-4H3,(H,25,28)(H,26,30)/t20-,24-/m0/s1. The van der Waals surface area contributed by atoms with Crippen LogP contribution in [0.3, 0.4) is 0 Å². The van der Waals surface area contributed by atoms with Gasteiger partial charge in [0.2, 0.25) is 5.91 Å². The van der Waals surface area contributed by atoms with E-state index >= 15 is 0 Å². The van der Waals surface area contributed by atoms with Crippen LogP contribution in [0.1, 0.15) is 49.9 Å². The van der Waals surface area contributed by atoms with E-state index in [0.29, 0.717) is 11.5 Å². The van der Waals surface area contributed by atoms with Crippen molar-refractivity contribution in [1.82, 2.24) is 15.5 Å². The molecule has 1 saturated heterocycles. The molecule has 1 fully saturated rings. The molecule has 2 atom stereocenters. The summed E-state index contributed by atoms with van der Waals surface area (Å²) in [5.41, 5.74) is 1.58. The SMILES string of the molecule is Cc1ccc([C@]2(C)NC(=O)N(CC(=O)N[C@@H](CC(C)C)c3ccccc3)C2=O)cc1. The van der Waals surface area contributed by atoms with Gasteiger partial charge in [-0.3, -0.25) is 14.5 Å². The van der Waals surface area contributed by atoms with Gasteiger partial charge in [0.15, 0.2) is 0 Å². The highest BCUT2D eigenvalue weighted by atomic mass is 16.2. The van der Waals surface area contributed by atoms with Gasteiger partial charge in [0.1, 0.15) is 12.1 Å². The third-order valence-electron chi connectivity index (χ3n) is 5.45. The van der Waals surface area contributed by atoms with E-state index in [-0.39, 0.29) is 18.5 Å². The van der Waals surface area contributed by atoms with E-state index in [1.165, 1.54) is 0 Å². The molecule has 2 aromatic rings. The minimum atomic E-state index is -1.18. The zero-order valence-corrected chi connectivity index (χ0v) is 17.9. The summed E-state index contributed by atoms with van der Waals surface area (Å²) in [4.78, 5) is 39.3. The second kappa shape index (κ2) is 8.69. The molecular weight excluding hydrogens is 378 g/mol. The predicted molar refractivity (Wildman–Crippen MR) is 116 cm³/mol. The number of nitrogens with zero attached hydrogens (tertiary/aromatic N) is 1. The van der Waals surface area contributed by atoms with Gasteiger partial charge in [-0.15, -0.1) is 0 Å². The highest BCUT2D eigenvalue weighted by molar-refractivity contribution is 6.09. The Kier molecular flexibility index (Phi) is 6.25. The normalized spacial score (nSPS) is 19.7. The summed E-state index contributed by atoms with van der Waals surface area (Å²) in [7, 11) is 0. The summed E-state index contributed by atoms with van der Waals surface area (Å²) in [6.07, 6.45) is 0.761. The maximum atomic E-state index is 13.1. The average molecular weight is 408 g/mol. The van der Waals surface area contributed by atoms with Crippen LogP contribution >= 0.6 is 0 Å². The first-order valence-electron chi connectivity index (χ1n) is 10.3. The van der Waals surface area contributed by atoms with Gasteiger partial charge in [0, 0.05) is 0 Å². The lowest BCUT2D eigenvalue weighted by molar-refractivity contribution is -0.135. The molecule has 3 rings (SSSR count). The van der Waals surface area contributed by atoms with Gasteiger partial charge in [0.25, 0.3) is 5.91 Å². The molecule has 0 spiro atoms. The Hall–Kier alpha value is -3.15. The van der Waals surface area contributed by atoms with Crippen LogP contribution < -0.4 is 10.6 Å². The maximum absolute atomic E-state index is 13.1.